The summed E-state index contributed by atoms with van der Waals surface area (Å²) in [5.41, 5.74) is 0. The van der Waals surface area contributed by atoms with Crippen LogP contribution in [0.1, 0.15) is 155 Å². The third-order valence-electron chi connectivity index (χ3n) is 6.70. The fraction of sp³-hybridized carbons (Fsp3) is 1.00. The van der Waals surface area contributed by atoms with Crippen molar-refractivity contribution in [1.29, 1.82) is 0 Å². The number of quaternary nitrogens is 1. The van der Waals surface area contributed by atoms with Gasteiger partial charge in [0.25, 0.3) is 0 Å². The third kappa shape index (κ3) is 28.8. The van der Waals surface area contributed by atoms with Gasteiger partial charge < -0.3 is 21.5 Å². The molecule has 0 heterocycles. The Labute approximate surface area is 220 Å². The highest BCUT2D eigenvalue weighted by atomic mass is 79.9. The van der Waals surface area contributed by atoms with Gasteiger partial charge in [0, 0.05) is 0 Å². The molecule has 1 nitrogen and oxygen atoms in total. The number of hydrogen-bond acceptors (Lipinski definition) is 1. The Balaban J connectivity index is 0. The first-order valence-electron chi connectivity index (χ1n) is 14.5. The summed E-state index contributed by atoms with van der Waals surface area (Å²) in [6.45, 7) is 5.97. The molecule has 0 aromatic rings. The normalized spacial score (nSPS) is 11.6. The van der Waals surface area contributed by atoms with Crippen LogP contribution < -0.4 is 17.0 Å². The summed E-state index contributed by atoms with van der Waals surface area (Å²) in [5, 5.41) is 0. The molecule has 0 atom stereocenters. The number of unbranched alkanes of at least 4 members (excludes halogenated alkanes) is 20. The van der Waals surface area contributed by atoms with Crippen molar-refractivity contribution in [2.24, 2.45) is 0 Å². The molecule has 0 N–H and O–H groups in total. The quantitative estimate of drug-likeness (QED) is 0.0631. The van der Waals surface area contributed by atoms with E-state index in [4.69, 9.17) is 0 Å². The van der Waals surface area contributed by atoms with Crippen LogP contribution in [0.2, 0.25) is 0 Å². The van der Waals surface area contributed by atoms with Crippen molar-refractivity contribution in [2.45, 2.75) is 155 Å². The topological polar surface area (TPSA) is 0 Å². The van der Waals surface area contributed by atoms with E-state index in [1.807, 2.05) is 0 Å². The zero-order chi connectivity index (χ0) is 22.9. The van der Waals surface area contributed by atoms with Crippen LogP contribution in [0.25, 0.3) is 0 Å². The minimum absolute atomic E-state index is 0. The first-order valence-corrected chi connectivity index (χ1v) is 15.7. The Hall–Kier alpha value is 0.790. The fourth-order valence-corrected chi connectivity index (χ4v) is 5.61. The molecule has 0 radical (unpaired) electrons. The zero-order valence-electron chi connectivity index (χ0n) is 22.9. The highest BCUT2D eigenvalue weighted by Gasteiger charge is 2.13. The predicted octanol–water partition coefficient (Wildman–Crippen LogP) is 7.38. The van der Waals surface area contributed by atoms with Gasteiger partial charge in [-0.25, -0.2) is 0 Å². The summed E-state index contributed by atoms with van der Waals surface area (Å²) >= 11 is 2.19. The molecule has 0 aromatic carbocycles. The van der Waals surface area contributed by atoms with Crippen LogP contribution in [0.5, 0.6) is 0 Å². The number of thioether (sulfide) groups is 1. The van der Waals surface area contributed by atoms with E-state index in [1.54, 1.807) is 0 Å². The maximum atomic E-state index is 2.43. The van der Waals surface area contributed by atoms with Crippen LogP contribution in [0.4, 0.5) is 0 Å². The van der Waals surface area contributed by atoms with Gasteiger partial charge in [-0.15, -0.1) is 11.8 Å². The monoisotopic (exact) mass is 535 g/mol. The van der Waals surface area contributed by atoms with E-state index >= 15 is 0 Å². The van der Waals surface area contributed by atoms with Crippen LogP contribution in [0.15, 0.2) is 0 Å². The second-order valence-corrected chi connectivity index (χ2v) is 11.8. The summed E-state index contributed by atoms with van der Waals surface area (Å²) in [6.07, 6.45) is 31.9. The number of hydrogen-bond donors (Lipinski definition) is 0. The van der Waals surface area contributed by atoms with Crippen LogP contribution in [0.3, 0.4) is 0 Å². The second-order valence-electron chi connectivity index (χ2n) is 10.8. The van der Waals surface area contributed by atoms with Crippen molar-refractivity contribution in [1.82, 2.24) is 0 Å². The van der Waals surface area contributed by atoms with Gasteiger partial charge >= 0.3 is 0 Å². The van der Waals surface area contributed by atoms with Crippen LogP contribution in [-0.4, -0.2) is 36.8 Å². The fourth-order valence-electron chi connectivity index (χ4n) is 4.45. The Kier molecular flexibility index (Phi) is 30.6. The van der Waals surface area contributed by atoms with Gasteiger partial charge in [0.15, 0.2) is 0 Å². The minimum Gasteiger partial charge on any atom is -1.00 e. The second kappa shape index (κ2) is 28.0. The first kappa shape index (κ1) is 35.0. The molecular weight excluding hydrogens is 474 g/mol. The molecule has 0 saturated heterocycles. The van der Waals surface area contributed by atoms with Crippen molar-refractivity contribution < 1.29 is 21.5 Å². The average Bonchev–Trinajstić information content (AvgIpc) is 2.75. The molecule has 0 saturated carbocycles. The van der Waals surface area contributed by atoms with Crippen molar-refractivity contribution in [2.75, 3.05) is 32.3 Å². The van der Waals surface area contributed by atoms with Crippen molar-refractivity contribution in [3.05, 3.63) is 0 Å². The number of nitrogens with zero attached hydrogens (tertiary/aromatic N) is 1. The third-order valence-corrected chi connectivity index (χ3v) is 8.16. The van der Waals surface area contributed by atoms with Crippen molar-refractivity contribution in [3.63, 3.8) is 0 Å². The average molecular weight is 537 g/mol. The van der Waals surface area contributed by atoms with Gasteiger partial charge in [0.2, 0.25) is 0 Å². The molecular formula is C29H62BrNS. The standard InChI is InChI=1S/C29H62NS.BrH/c1-5-7-9-11-13-15-17-18-19-21-23-25-27-30(3,4)29-31-28-26-24-22-20-16-14-12-10-8-6-2;/h5-29H2,1-4H3;1H/q+1;/p-1. The molecule has 0 aliphatic carbocycles. The van der Waals surface area contributed by atoms with E-state index in [1.165, 1.54) is 164 Å². The van der Waals surface area contributed by atoms with Crippen molar-refractivity contribution in [3.8, 4) is 0 Å². The minimum atomic E-state index is 0. The van der Waals surface area contributed by atoms with Gasteiger partial charge in [-0.1, -0.05) is 136 Å². The Morgan fingerprint density at radius 2 is 0.750 bits per heavy atom. The molecule has 32 heavy (non-hydrogen) atoms. The number of rotatable bonds is 26. The van der Waals surface area contributed by atoms with Crippen LogP contribution in [0, 0.1) is 0 Å². The highest BCUT2D eigenvalue weighted by Crippen LogP contribution is 2.16. The van der Waals surface area contributed by atoms with Crippen molar-refractivity contribution >= 4 is 11.8 Å². The van der Waals surface area contributed by atoms with E-state index < -0.39 is 0 Å². The highest BCUT2D eigenvalue weighted by molar-refractivity contribution is 7.99. The molecule has 0 bridgehead atoms. The molecule has 0 rings (SSSR count). The summed E-state index contributed by atoms with van der Waals surface area (Å²) in [5.74, 6) is 2.67. The first-order chi connectivity index (χ1) is 15.1. The van der Waals surface area contributed by atoms with E-state index in [-0.39, 0.29) is 17.0 Å². The largest absolute Gasteiger partial charge is 1.00 e. The molecule has 3 heteroatoms. The van der Waals surface area contributed by atoms with Gasteiger partial charge in [-0.3, -0.25) is 0 Å². The molecule has 0 amide bonds. The van der Waals surface area contributed by atoms with E-state index in [9.17, 15) is 0 Å². The molecule has 0 spiro atoms. The summed E-state index contributed by atoms with van der Waals surface area (Å²) in [6, 6.07) is 0. The number of halogens is 1. The lowest BCUT2D eigenvalue weighted by Gasteiger charge is -2.29. The Morgan fingerprint density at radius 1 is 0.438 bits per heavy atom. The Morgan fingerprint density at radius 3 is 1.12 bits per heavy atom. The molecule has 0 fully saturated rings. The smallest absolute Gasteiger partial charge is 0.125 e. The summed E-state index contributed by atoms with van der Waals surface area (Å²) in [7, 11) is 4.87. The van der Waals surface area contributed by atoms with Gasteiger partial charge in [0.05, 0.1) is 20.6 Å². The maximum Gasteiger partial charge on any atom is 0.125 e. The molecule has 0 aliphatic rings. The lowest BCUT2D eigenvalue weighted by molar-refractivity contribution is -0.877. The SMILES string of the molecule is CCCCCCCCCCCCCC[N+](C)(C)CSCCCCCCCCCCCC.[Br-]. The van der Waals surface area contributed by atoms with E-state index in [0.29, 0.717) is 0 Å². The summed E-state index contributed by atoms with van der Waals surface area (Å²) in [4.78, 5) is 0. The van der Waals surface area contributed by atoms with Gasteiger partial charge in [0.1, 0.15) is 5.88 Å². The molecule has 0 unspecified atom stereocenters. The lowest BCUT2D eigenvalue weighted by atomic mass is 10.1. The predicted molar refractivity (Wildman–Crippen MR) is 147 cm³/mol. The lowest BCUT2D eigenvalue weighted by Crippen LogP contribution is -3.00. The van der Waals surface area contributed by atoms with E-state index in [2.05, 4.69) is 39.7 Å². The van der Waals surface area contributed by atoms with E-state index in [0.717, 1.165) is 0 Å². The maximum absolute atomic E-state index is 2.43. The zero-order valence-corrected chi connectivity index (χ0v) is 25.3. The van der Waals surface area contributed by atoms with Gasteiger partial charge in [-0.05, 0) is 25.0 Å². The van der Waals surface area contributed by atoms with Crippen LogP contribution in [-0.2, 0) is 0 Å². The molecule has 0 aromatic heterocycles. The summed E-state index contributed by atoms with van der Waals surface area (Å²) < 4.78 is 1.21. The molecule has 0 aliphatic heterocycles. The molecule has 196 valence electrons. The van der Waals surface area contributed by atoms with Gasteiger partial charge in [-0.2, -0.15) is 0 Å². The van der Waals surface area contributed by atoms with Crippen LogP contribution >= 0.6 is 11.8 Å². The Bertz CT molecular complexity index is 305.